The minimum atomic E-state index is -0.197. The molecule has 1 heterocycles. The third-order valence-electron chi connectivity index (χ3n) is 3.03. The van der Waals surface area contributed by atoms with Crippen LogP contribution in [0.3, 0.4) is 0 Å². The number of nitrogens with zero attached hydrogens (tertiary/aromatic N) is 1. The minimum absolute atomic E-state index is 0.187. The van der Waals surface area contributed by atoms with E-state index in [2.05, 4.69) is 15.6 Å². The van der Waals surface area contributed by atoms with Crippen molar-refractivity contribution >= 4 is 28.2 Å². The molecule has 1 aliphatic carbocycles. The van der Waals surface area contributed by atoms with E-state index >= 15 is 0 Å². The SMILES string of the molecule is CC(C)Nc1nc(N)c(C(=O)NCC2CC(O)C2)s1. The second-order valence-corrected chi connectivity index (χ2v) is 6.23. The van der Waals surface area contributed by atoms with Crippen LogP contribution in [-0.4, -0.2) is 34.7 Å². The summed E-state index contributed by atoms with van der Waals surface area (Å²) in [6.07, 6.45) is 1.33. The number of hydrogen-bond donors (Lipinski definition) is 4. The van der Waals surface area contributed by atoms with Crippen LogP contribution in [-0.2, 0) is 0 Å². The highest BCUT2D eigenvalue weighted by molar-refractivity contribution is 7.18. The number of carbonyl (C=O) groups is 1. The van der Waals surface area contributed by atoms with Gasteiger partial charge in [-0.2, -0.15) is 0 Å². The van der Waals surface area contributed by atoms with Gasteiger partial charge < -0.3 is 21.5 Å². The summed E-state index contributed by atoms with van der Waals surface area (Å²) in [5.41, 5.74) is 5.75. The van der Waals surface area contributed by atoms with Crippen molar-refractivity contribution in [3.8, 4) is 0 Å². The van der Waals surface area contributed by atoms with Gasteiger partial charge in [0.15, 0.2) is 5.13 Å². The molecular weight excluding hydrogens is 264 g/mol. The highest BCUT2D eigenvalue weighted by Gasteiger charge is 2.27. The van der Waals surface area contributed by atoms with Gasteiger partial charge in [0.1, 0.15) is 10.7 Å². The maximum absolute atomic E-state index is 12.0. The Bertz CT molecular complexity index is 455. The molecule has 1 fully saturated rings. The lowest BCUT2D eigenvalue weighted by Crippen LogP contribution is -2.38. The average molecular weight is 284 g/mol. The number of aromatic nitrogens is 1. The van der Waals surface area contributed by atoms with E-state index in [1.807, 2.05) is 13.8 Å². The number of carbonyl (C=O) groups excluding carboxylic acids is 1. The fourth-order valence-electron chi connectivity index (χ4n) is 1.99. The number of rotatable bonds is 5. The molecule has 5 N–H and O–H groups in total. The third kappa shape index (κ3) is 3.57. The summed E-state index contributed by atoms with van der Waals surface area (Å²) < 4.78 is 0. The summed E-state index contributed by atoms with van der Waals surface area (Å²) in [6.45, 7) is 4.58. The first kappa shape index (κ1) is 14.1. The Kier molecular flexibility index (Phi) is 4.26. The van der Waals surface area contributed by atoms with Gasteiger partial charge in [-0.3, -0.25) is 4.79 Å². The van der Waals surface area contributed by atoms with Crippen molar-refractivity contribution in [3.05, 3.63) is 4.88 Å². The Balaban J connectivity index is 1.89. The van der Waals surface area contributed by atoms with E-state index in [4.69, 9.17) is 5.73 Å². The third-order valence-corrected chi connectivity index (χ3v) is 4.04. The summed E-state index contributed by atoms with van der Waals surface area (Å²) >= 11 is 1.27. The number of aliphatic hydroxyl groups is 1. The summed E-state index contributed by atoms with van der Waals surface area (Å²) in [4.78, 5) is 16.6. The molecular formula is C12H20N4O2S. The van der Waals surface area contributed by atoms with Crippen molar-refractivity contribution < 1.29 is 9.90 Å². The number of nitrogens with two attached hydrogens (primary N) is 1. The first-order chi connectivity index (χ1) is 8.95. The lowest BCUT2D eigenvalue weighted by molar-refractivity contribution is 0.0420. The molecule has 0 spiro atoms. The van der Waals surface area contributed by atoms with E-state index in [0.29, 0.717) is 22.5 Å². The van der Waals surface area contributed by atoms with Crippen molar-refractivity contribution in [1.82, 2.24) is 10.3 Å². The van der Waals surface area contributed by atoms with Crippen LogP contribution in [0.4, 0.5) is 10.9 Å². The van der Waals surface area contributed by atoms with Crippen LogP contribution in [0.1, 0.15) is 36.4 Å². The second kappa shape index (κ2) is 5.75. The minimum Gasteiger partial charge on any atom is -0.393 e. The van der Waals surface area contributed by atoms with Gasteiger partial charge in [0.2, 0.25) is 0 Å². The van der Waals surface area contributed by atoms with Gasteiger partial charge in [0.25, 0.3) is 5.91 Å². The molecule has 0 saturated heterocycles. The topological polar surface area (TPSA) is 100 Å². The summed E-state index contributed by atoms with van der Waals surface area (Å²) in [6, 6.07) is 0.248. The van der Waals surface area contributed by atoms with E-state index in [1.54, 1.807) is 0 Å². The number of nitrogens with one attached hydrogen (secondary N) is 2. The fraction of sp³-hybridized carbons (Fsp3) is 0.667. The smallest absolute Gasteiger partial charge is 0.265 e. The Labute approximate surface area is 116 Å². The molecule has 1 aromatic heterocycles. The molecule has 19 heavy (non-hydrogen) atoms. The zero-order valence-electron chi connectivity index (χ0n) is 11.1. The maximum Gasteiger partial charge on any atom is 0.265 e. The molecule has 1 aliphatic rings. The highest BCUT2D eigenvalue weighted by Crippen LogP contribution is 2.28. The molecule has 1 amide bonds. The van der Waals surface area contributed by atoms with E-state index in [-0.39, 0.29) is 23.9 Å². The van der Waals surface area contributed by atoms with Crippen molar-refractivity contribution in [1.29, 1.82) is 0 Å². The van der Waals surface area contributed by atoms with Gasteiger partial charge in [-0.25, -0.2) is 4.98 Å². The molecule has 0 unspecified atom stereocenters. The predicted molar refractivity (Wildman–Crippen MR) is 76.3 cm³/mol. The Hall–Kier alpha value is -1.34. The maximum atomic E-state index is 12.0. The molecule has 0 aliphatic heterocycles. The van der Waals surface area contributed by atoms with Gasteiger partial charge in [-0.05, 0) is 32.6 Å². The zero-order valence-corrected chi connectivity index (χ0v) is 12.0. The predicted octanol–water partition coefficient (Wildman–Crippen LogP) is 1.05. The van der Waals surface area contributed by atoms with Crippen LogP contribution in [0.15, 0.2) is 0 Å². The number of aliphatic hydroxyl groups excluding tert-OH is 1. The first-order valence-corrected chi connectivity index (χ1v) is 7.26. The Morgan fingerprint density at radius 2 is 2.26 bits per heavy atom. The summed E-state index contributed by atoms with van der Waals surface area (Å²) in [7, 11) is 0. The van der Waals surface area contributed by atoms with Crippen molar-refractivity contribution in [2.75, 3.05) is 17.6 Å². The first-order valence-electron chi connectivity index (χ1n) is 6.44. The number of thiazole rings is 1. The lowest BCUT2D eigenvalue weighted by atomic mass is 9.82. The van der Waals surface area contributed by atoms with E-state index < -0.39 is 0 Å². The number of amides is 1. The normalized spacial score (nSPS) is 22.1. The highest BCUT2D eigenvalue weighted by atomic mass is 32.1. The molecule has 1 aromatic rings. The fourth-order valence-corrected chi connectivity index (χ4v) is 2.93. The molecule has 6 nitrogen and oxygen atoms in total. The molecule has 106 valence electrons. The number of hydrogen-bond acceptors (Lipinski definition) is 6. The Morgan fingerprint density at radius 3 is 2.84 bits per heavy atom. The van der Waals surface area contributed by atoms with Crippen LogP contribution in [0.25, 0.3) is 0 Å². The van der Waals surface area contributed by atoms with Crippen molar-refractivity contribution in [2.24, 2.45) is 5.92 Å². The number of nitrogen functional groups attached to an aromatic ring is 1. The molecule has 0 atom stereocenters. The molecule has 0 radical (unpaired) electrons. The van der Waals surface area contributed by atoms with Crippen LogP contribution in [0.5, 0.6) is 0 Å². The molecule has 0 bridgehead atoms. The van der Waals surface area contributed by atoms with Gasteiger partial charge >= 0.3 is 0 Å². The van der Waals surface area contributed by atoms with Gasteiger partial charge in [0.05, 0.1) is 6.10 Å². The van der Waals surface area contributed by atoms with Crippen LogP contribution < -0.4 is 16.4 Å². The van der Waals surface area contributed by atoms with E-state index in [0.717, 1.165) is 12.8 Å². The van der Waals surface area contributed by atoms with Crippen LogP contribution in [0, 0.1) is 5.92 Å². The van der Waals surface area contributed by atoms with Gasteiger partial charge in [-0.15, -0.1) is 0 Å². The van der Waals surface area contributed by atoms with E-state index in [9.17, 15) is 9.90 Å². The van der Waals surface area contributed by atoms with Crippen LogP contribution >= 0.6 is 11.3 Å². The molecule has 0 aromatic carbocycles. The zero-order chi connectivity index (χ0) is 14.0. The lowest BCUT2D eigenvalue weighted by Gasteiger charge is -2.31. The molecule has 2 rings (SSSR count). The molecule has 7 heteroatoms. The van der Waals surface area contributed by atoms with E-state index in [1.165, 1.54) is 11.3 Å². The van der Waals surface area contributed by atoms with Crippen LogP contribution in [0.2, 0.25) is 0 Å². The van der Waals surface area contributed by atoms with Gasteiger partial charge in [-0.1, -0.05) is 11.3 Å². The van der Waals surface area contributed by atoms with Crippen molar-refractivity contribution in [3.63, 3.8) is 0 Å². The van der Waals surface area contributed by atoms with Gasteiger partial charge in [0, 0.05) is 12.6 Å². The number of anilines is 2. The molecule has 1 saturated carbocycles. The monoisotopic (exact) mass is 284 g/mol. The Morgan fingerprint density at radius 1 is 1.58 bits per heavy atom. The summed E-state index contributed by atoms with van der Waals surface area (Å²) in [5.74, 6) is 0.453. The second-order valence-electron chi connectivity index (χ2n) is 5.23. The standard InChI is InChI=1S/C12H20N4O2S/c1-6(2)15-12-16-10(13)9(19-12)11(18)14-5-7-3-8(17)4-7/h6-8,17H,3-5,13H2,1-2H3,(H,14,18)(H,15,16). The average Bonchev–Trinajstić information content (AvgIpc) is 2.62. The largest absolute Gasteiger partial charge is 0.393 e. The quantitative estimate of drug-likeness (QED) is 0.647. The van der Waals surface area contributed by atoms with Crippen molar-refractivity contribution in [2.45, 2.75) is 38.8 Å². The summed E-state index contributed by atoms with van der Waals surface area (Å²) in [5, 5.41) is 15.8.